The number of amides is 2. The lowest BCUT2D eigenvalue weighted by molar-refractivity contribution is -0.143. The number of piperidine rings is 1. The highest BCUT2D eigenvalue weighted by Gasteiger charge is 2.36. The fourth-order valence-electron chi connectivity index (χ4n) is 5.33. The van der Waals surface area contributed by atoms with E-state index < -0.39 is 18.1 Å². The van der Waals surface area contributed by atoms with E-state index in [1.165, 1.54) is 0 Å². The van der Waals surface area contributed by atoms with Crippen molar-refractivity contribution in [3.05, 3.63) is 59.7 Å². The number of carboxylic acid groups (broad SMARTS) is 1. The molecule has 7 nitrogen and oxygen atoms in total. The monoisotopic (exact) mass is 478 g/mol. The summed E-state index contributed by atoms with van der Waals surface area (Å²) in [5.41, 5.74) is 4.56. The van der Waals surface area contributed by atoms with Crippen LogP contribution in [0.2, 0.25) is 0 Å². The number of fused-ring (bicyclic) bond motifs is 3. The molecule has 35 heavy (non-hydrogen) atoms. The summed E-state index contributed by atoms with van der Waals surface area (Å²) in [6, 6.07) is 15.2. The summed E-state index contributed by atoms with van der Waals surface area (Å²) >= 11 is 0. The van der Waals surface area contributed by atoms with E-state index in [4.69, 9.17) is 4.74 Å². The van der Waals surface area contributed by atoms with Gasteiger partial charge in [0.25, 0.3) is 0 Å². The van der Waals surface area contributed by atoms with Crippen LogP contribution in [0.3, 0.4) is 0 Å². The number of aliphatic carboxylic acids is 1. The van der Waals surface area contributed by atoms with Crippen molar-refractivity contribution in [2.45, 2.75) is 64.0 Å². The molecule has 2 N–H and O–H groups in total. The zero-order valence-electron chi connectivity index (χ0n) is 20.4. The maximum absolute atomic E-state index is 13.5. The van der Waals surface area contributed by atoms with Gasteiger partial charge < -0.3 is 20.1 Å². The molecule has 3 atom stereocenters. The number of carbonyl (C=O) groups is 3. The Morgan fingerprint density at radius 2 is 1.69 bits per heavy atom. The molecule has 2 aromatic rings. The molecular weight excluding hydrogens is 444 g/mol. The summed E-state index contributed by atoms with van der Waals surface area (Å²) in [5.74, 6) is -1.32. The molecule has 0 aromatic heterocycles. The van der Waals surface area contributed by atoms with Crippen LogP contribution in [0, 0.1) is 5.92 Å². The summed E-state index contributed by atoms with van der Waals surface area (Å²) in [4.78, 5) is 39.4. The number of carbonyl (C=O) groups excluding carboxylic acids is 2. The Morgan fingerprint density at radius 1 is 1.06 bits per heavy atom. The quantitative estimate of drug-likeness (QED) is 0.568. The normalized spacial score (nSPS) is 18.8. The van der Waals surface area contributed by atoms with Crippen molar-refractivity contribution in [1.82, 2.24) is 10.2 Å². The van der Waals surface area contributed by atoms with Gasteiger partial charge in [0, 0.05) is 18.5 Å². The van der Waals surface area contributed by atoms with Crippen molar-refractivity contribution in [2.24, 2.45) is 5.92 Å². The first-order chi connectivity index (χ1) is 16.9. The molecule has 0 spiro atoms. The fourth-order valence-corrected chi connectivity index (χ4v) is 5.33. The second kappa shape index (κ2) is 10.9. The predicted molar refractivity (Wildman–Crippen MR) is 133 cm³/mol. The van der Waals surface area contributed by atoms with Crippen molar-refractivity contribution in [2.75, 3.05) is 13.2 Å². The van der Waals surface area contributed by atoms with E-state index in [9.17, 15) is 19.5 Å². The summed E-state index contributed by atoms with van der Waals surface area (Å²) in [7, 11) is 0. The van der Waals surface area contributed by atoms with E-state index >= 15 is 0 Å². The van der Waals surface area contributed by atoms with Gasteiger partial charge >= 0.3 is 12.1 Å². The summed E-state index contributed by atoms with van der Waals surface area (Å²) in [6.45, 7) is 4.57. The molecule has 0 radical (unpaired) electrons. The van der Waals surface area contributed by atoms with Gasteiger partial charge in [-0.05, 0) is 47.4 Å². The SMILES string of the molecule is CCC(C)[C@H](NC(=O)OCC1c2ccccc2-c2ccccc21)C(=O)N1CCCCC1CC(=O)O. The number of nitrogens with one attached hydrogen (secondary N) is 1. The number of ether oxygens (including phenoxy) is 1. The van der Waals surface area contributed by atoms with Crippen LogP contribution >= 0.6 is 0 Å². The third kappa shape index (κ3) is 5.34. The van der Waals surface area contributed by atoms with Crippen LogP contribution in [0.1, 0.15) is 63.0 Å². The van der Waals surface area contributed by atoms with Crippen LogP contribution in [0.4, 0.5) is 4.79 Å². The number of carboxylic acids is 1. The Bertz CT molecular complexity index is 1040. The molecule has 1 aliphatic carbocycles. The van der Waals surface area contributed by atoms with Crippen LogP contribution in [-0.2, 0) is 14.3 Å². The highest BCUT2D eigenvalue weighted by Crippen LogP contribution is 2.44. The van der Waals surface area contributed by atoms with E-state index in [-0.39, 0.29) is 36.8 Å². The highest BCUT2D eigenvalue weighted by molar-refractivity contribution is 5.87. The molecule has 4 rings (SSSR count). The summed E-state index contributed by atoms with van der Waals surface area (Å²) in [6.07, 6.45) is 2.38. The second-order valence-corrected chi connectivity index (χ2v) is 9.61. The van der Waals surface area contributed by atoms with Crippen LogP contribution in [-0.4, -0.2) is 53.2 Å². The maximum Gasteiger partial charge on any atom is 0.407 e. The zero-order chi connectivity index (χ0) is 24.9. The molecule has 2 amide bonds. The maximum atomic E-state index is 13.5. The minimum absolute atomic E-state index is 0.0621. The summed E-state index contributed by atoms with van der Waals surface area (Å²) < 4.78 is 5.68. The first-order valence-electron chi connectivity index (χ1n) is 12.5. The number of rotatable bonds is 8. The standard InChI is InChI=1S/C28H34N2O5/c1-3-18(2)26(27(33)30-15-9-8-10-19(30)16-25(31)32)29-28(34)35-17-24-22-13-6-4-11-20(22)21-12-5-7-14-23(21)24/h4-7,11-14,18-19,24,26H,3,8-10,15-17H2,1-2H3,(H,29,34)(H,31,32)/t18?,19?,26-/m0/s1. The zero-order valence-corrected chi connectivity index (χ0v) is 20.4. The third-order valence-electron chi connectivity index (χ3n) is 7.42. The molecule has 2 aliphatic rings. The molecule has 186 valence electrons. The molecule has 2 aromatic carbocycles. The first-order valence-corrected chi connectivity index (χ1v) is 12.5. The van der Waals surface area contributed by atoms with Gasteiger partial charge in [0.05, 0.1) is 6.42 Å². The number of hydrogen-bond donors (Lipinski definition) is 2. The van der Waals surface area contributed by atoms with Crippen molar-refractivity contribution < 1.29 is 24.2 Å². The lowest BCUT2D eigenvalue weighted by atomic mass is 9.94. The Labute approximate surface area is 206 Å². The molecule has 7 heteroatoms. The average Bonchev–Trinajstić information content (AvgIpc) is 3.19. The van der Waals surface area contributed by atoms with Gasteiger partial charge in [0.15, 0.2) is 0 Å². The van der Waals surface area contributed by atoms with Crippen LogP contribution in [0.15, 0.2) is 48.5 Å². The molecule has 2 unspecified atom stereocenters. The number of benzene rings is 2. The predicted octanol–water partition coefficient (Wildman–Crippen LogP) is 4.80. The van der Waals surface area contributed by atoms with Gasteiger partial charge in [-0.1, -0.05) is 68.8 Å². The third-order valence-corrected chi connectivity index (χ3v) is 7.42. The largest absolute Gasteiger partial charge is 0.481 e. The molecule has 1 saturated heterocycles. The van der Waals surface area contributed by atoms with Crippen LogP contribution in [0.5, 0.6) is 0 Å². The Balaban J connectivity index is 1.45. The lowest BCUT2D eigenvalue weighted by Gasteiger charge is -2.38. The van der Waals surface area contributed by atoms with Crippen molar-refractivity contribution in [3.8, 4) is 11.1 Å². The second-order valence-electron chi connectivity index (χ2n) is 9.61. The van der Waals surface area contributed by atoms with Crippen LogP contribution in [0.25, 0.3) is 11.1 Å². The van der Waals surface area contributed by atoms with Gasteiger partial charge in [0.2, 0.25) is 5.91 Å². The van der Waals surface area contributed by atoms with E-state index in [0.29, 0.717) is 19.4 Å². The Kier molecular flexibility index (Phi) is 7.73. The lowest BCUT2D eigenvalue weighted by Crippen LogP contribution is -2.56. The average molecular weight is 479 g/mol. The van der Waals surface area contributed by atoms with Gasteiger partial charge in [-0.3, -0.25) is 9.59 Å². The number of nitrogens with zero attached hydrogens (tertiary/aromatic N) is 1. The highest BCUT2D eigenvalue weighted by atomic mass is 16.5. The molecule has 0 bridgehead atoms. The fraction of sp³-hybridized carbons (Fsp3) is 0.464. The Hall–Kier alpha value is -3.35. The minimum Gasteiger partial charge on any atom is -0.481 e. The van der Waals surface area contributed by atoms with Gasteiger partial charge in [0.1, 0.15) is 12.6 Å². The first kappa shape index (κ1) is 24.8. The molecule has 1 aliphatic heterocycles. The van der Waals surface area contributed by atoms with Crippen molar-refractivity contribution in [3.63, 3.8) is 0 Å². The van der Waals surface area contributed by atoms with Crippen molar-refractivity contribution in [1.29, 1.82) is 0 Å². The van der Waals surface area contributed by atoms with E-state index in [1.54, 1.807) is 4.90 Å². The van der Waals surface area contributed by atoms with E-state index in [0.717, 1.165) is 35.1 Å². The smallest absolute Gasteiger partial charge is 0.407 e. The van der Waals surface area contributed by atoms with Gasteiger partial charge in [-0.15, -0.1) is 0 Å². The minimum atomic E-state index is -0.917. The Morgan fingerprint density at radius 3 is 2.29 bits per heavy atom. The molecule has 1 fully saturated rings. The van der Waals surface area contributed by atoms with Gasteiger partial charge in [-0.2, -0.15) is 0 Å². The van der Waals surface area contributed by atoms with E-state index in [1.807, 2.05) is 38.1 Å². The summed E-state index contributed by atoms with van der Waals surface area (Å²) in [5, 5.41) is 12.1. The number of alkyl carbamates (subject to hydrolysis) is 1. The molecule has 0 saturated carbocycles. The van der Waals surface area contributed by atoms with E-state index in [2.05, 4.69) is 29.6 Å². The van der Waals surface area contributed by atoms with Crippen LogP contribution < -0.4 is 5.32 Å². The molecule has 1 heterocycles. The number of hydrogen-bond acceptors (Lipinski definition) is 4. The molecular formula is C28H34N2O5. The number of likely N-dealkylation sites (tertiary alicyclic amines) is 1. The van der Waals surface area contributed by atoms with Crippen molar-refractivity contribution >= 4 is 18.0 Å². The topological polar surface area (TPSA) is 95.9 Å². The van der Waals surface area contributed by atoms with Gasteiger partial charge in [-0.25, -0.2) is 4.79 Å².